The van der Waals surface area contributed by atoms with E-state index in [2.05, 4.69) is 10.3 Å². The molecule has 0 aromatic heterocycles. The number of hydrogen-bond donors (Lipinski definition) is 2. The Labute approximate surface area is 73.2 Å². The van der Waals surface area contributed by atoms with Crippen LogP contribution in [0.15, 0.2) is 4.99 Å². The minimum absolute atomic E-state index is 0.414. The van der Waals surface area contributed by atoms with Crippen LogP contribution in [-0.4, -0.2) is 31.8 Å². The average Bonchev–Trinajstić information content (AvgIpc) is 1.96. The fourth-order valence-electron chi connectivity index (χ4n) is 1.30. The molecule has 0 aromatic rings. The van der Waals surface area contributed by atoms with Gasteiger partial charge < -0.3 is 15.8 Å². The molecular formula is C8H17N3O. The fraction of sp³-hybridized carbons (Fsp3) is 0.875. The maximum absolute atomic E-state index is 5.58. The second kappa shape index (κ2) is 4.30. The zero-order chi connectivity index (χ0) is 8.97. The van der Waals surface area contributed by atoms with Gasteiger partial charge in [-0.05, 0) is 19.8 Å². The highest BCUT2D eigenvalue weighted by Gasteiger charge is 2.28. The average molecular weight is 171 g/mol. The second-order valence-corrected chi connectivity index (χ2v) is 3.03. The van der Waals surface area contributed by atoms with Gasteiger partial charge in [0.15, 0.2) is 5.96 Å². The van der Waals surface area contributed by atoms with Crippen molar-refractivity contribution in [1.29, 1.82) is 0 Å². The van der Waals surface area contributed by atoms with E-state index in [-0.39, 0.29) is 0 Å². The van der Waals surface area contributed by atoms with Crippen molar-refractivity contribution in [2.75, 3.05) is 13.7 Å². The summed E-state index contributed by atoms with van der Waals surface area (Å²) in [5.74, 6) is 0.553. The molecule has 1 saturated carbocycles. The summed E-state index contributed by atoms with van der Waals surface area (Å²) in [4.78, 5) is 4.04. The van der Waals surface area contributed by atoms with Crippen molar-refractivity contribution in [1.82, 2.24) is 5.32 Å². The number of rotatable bonds is 3. The lowest BCUT2D eigenvalue weighted by Gasteiger charge is -2.34. The molecule has 0 atom stereocenters. The van der Waals surface area contributed by atoms with Gasteiger partial charge in [-0.15, -0.1) is 0 Å². The number of guanidine groups is 1. The van der Waals surface area contributed by atoms with Gasteiger partial charge in [0.2, 0.25) is 0 Å². The molecule has 70 valence electrons. The van der Waals surface area contributed by atoms with Crippen LogP contribution in [0.25, 0.3) is 0 Å². The van der Waals surface area contributed by atoms with E-state index in [1.165, 1.54) is 0 Å². The number of nitrogens with two attached hydrogens (primary N) is 1. The minimum atomic E-state index is 0.414. The number of hydrogen-bond acceptors (Lipinski definition) is 2. The molecule has 0 heterocycles. The molecule has 0 bridgehead atoms. The molecule has 0 aromatic carbocycles. The van der Waals surface area contributed by atoms with Crippen molar-refractivity contribution in [3.8, 4) is 0 Å². The molecule has 0 aliphatic heterocycles. The highest BCUT2D eigenvalue weighted by Crippen LogP contribution is 2.21. The van der Waals surface area contributed by atoms with Crippen LogP contribution in [0.4, 0.5) is 0 Å². The van der Waals surface area contributed by atoms with Crippen LogP contribution in [0, 0.1) is 0 Å². The summed E-state index contributed by atoms with van der Waals surface area (Å²) in [5, 5.41) is 3.13. The molecule has 0 saturated heterocycles. The van der Waals surface area contributed by atoms with Gasteiger partial charge in [-0.3, -0.25) is 4.99 Å². The normalized spacial score (nSPS) is 29.7. The topological polar surface area (TPSA) is 59.6 Å². The van der Waals surface area contributed by atoms with Crippen LogP contribution >= 0.6 is 0 Å². The van der Waals surface area contributed by atoms with Crippen molar-refractivity contribution in [3.05, 3.63) is 0 Å². The second-order valence-electron chi connectivity index (χ2n) is 3.03. The molecule has 0 unspecified atom stereocenters. The van der Waals surface area contributed by atoms with Crippen LogP contribution in [0.5, 0.6) is 0 Å². The highest BCUT2D eigenvalue weighted by atomic mass is 16.5. The lowest BCUT2D eigenvalue weighted by atomic mass is 9.89. The van der Waals surface area contributed by atoms with Gasteiger partial charge in [0.05, 0.1) is 6.10 Å². The third-order valence-corrected chi connectivity index (χ3v) is 2.11. The maximum atomic E-state index is 5.58. The van der Waals surface area contributed by atoms with Crippen LogP contribution in [0.2, 0.25) is 0 Å². The first-order chi connectivity index (χ1) is 5.76. The van der Waals surface area contributed by atoms with E-state index in [1.807, 2.05) is 6.92 Å². The van der Waals surface area contributed by atoms with Crippen molar-refractivity contribution < 1.29 is 4.74 Å². The van der Waals surface area contributed by atoms with Gasteiger partial charge in [0.1, 0.15) is 0 Å². The monoisotopic (exact) mass is 171 g/mol. The van der Waals surface area contributed by atoms with E-state index in [4.69, 9.17) is 10.5 Å². The Bertz CT molecular complexity index is 164. The number of nitrogens with zero attached hydrogens (tertiary/aromatic N) is 1. The van der Waals surface area contributed by atoms with Crippen molar-refractivity contribution in [2.45, 2.75) is 31.9 Å². The Kier molecular flexibility index (Phi) is 3.34. The molecule has 0 radical (unpaired) electrons. The Balaban J connectivity index is 2.14. The number of methoxy groups -OCH3 is 1. The first kappa shape index (κ1) is 9.32. The molecule has 1 aliphatic rings. The highest BCUT2D eigenvalue weighted by molar-refractivity contribution is 5.78. The predicted octanol–water partition coefficient (Wildman–Crippen LogP) is 0.0880. The third-order valence-electron chi connectivity index (χ3n) is 2.11. The Morgan fingerprint density at radius 1 is 1.67 bits per heavy atom. The number of ether oxygens (including phenoxy) is 1. The SMILES string of the molecule is CCN=C(N)NC1CC(OC)C1. The summed E-state index contributed by atoms with van der Waals surface area (Å²) < 4.78 is 5.14. The minimum Gasteiger partial charge on any atom is -0.381 e. The van der Waals surface area contributed by atoms with Gasteiger partial charge in [-0.2, -0.15) is 0 Å². The molecular weight excluding hydrogens is 154 g/mol. The largest absolute Gasteiger partial charge is 0.381 e. The zero-order valence-corrected chi connectivity index (χ0v) is 7.71. The molecule has 4 nitrogen and oxygen atoms in total. The first-order valence-electron chi connectivity index (χ1n) is 4.35. The molecule has 3 N–H and O–H groups in total. The first-order valence-corrected chi connectivity index (χ1v) is 4.35. The fourth-order valence-corrected chi connectivity index (χ4v) is 1.30. The summed E-state index contributed by atoms with van der Waals surface area (Å²) >= 11 is 0. The molecule has 4 heteroatoms. The molecule has 1 fully saturated rings. The predicted molar refractivity (Wildman–Crippen MR) is 49.1 cm³/mol. The van der Waals surface area contributed by atoms with E-state index in [9.17, 15) is 0 Å². The Hall–Kier alpha value is -0.770. The summed E-state index contributed by atoms with van der Waals surface area (Å²) in [7, 11) is 1.74. The van der Waals surface area contributed by atoms with Gasteiger partial charge >= 0.3 is 0 Å². The Morgan fingerprint density at radius 3 is 2.83 bits per heavy atom. The quantitative estimate of drug-likeness (QED) is 0.467. The number of aliphatic imine (C=N–C) groups is 1. The summed E-state index contributed by atoms with van der Waals surface area (Å²) in [5.41, 5.74) is 5.58. The van der Waals surface area contributed by atoms with Crippen LogP contribution in [-0.2, 0) is 4.74 Å². The standard InChI is InChI=1S/C8H17N3O/c1-3-10-8(9)11-6-4-7(5-6)12-2/h6-7H,3-5H2,1-2H3,(H3,9,10,11). The Morgan fingerprint density at radius 2 is 2.33 bits per heavy atom. The van der Waals surface area contributed by atoms with Gasteiger partial charge in [-0.25, -0.2) is 0 Å². The van der Waals surface area contributed by atoms with Crippen molar-refractivity contribution >= 4 is 5.96 Å². The molecule has 1 aliphatic carbocycles. The van der Waals surface area contributed by atoms with E-state index in [0.717, 1.165) is 19.4 Å². The number of nitrogens with one attached hydrogen (secondary N) is 1. The summed E-state index contributed by atoms with van der Waals surface area (Å²) in [6.45, 7) is 2.70. The smallest absolute Gasteiger partial charge is 0.188 e. The van der Waals surface area contributed by atoms with Crippen LogP contribution in [0.1, 0.15) is 19.8 Å². The molecule has 12 heavy (non-hydrogen) atoms. The van der Waals surface area contributed by atoms with Crippen LogP contribution < -0.4 is 11.1 Å². The summed E-state index contributed by atoms with van der Waals surface area (Å²) in [6.07, 6.45) is 2.49. The van der Waals surface area contributed by atoms with E-state index >= 15 is 0 Å². The van der Waals surface area contributed by atoms with E-state index in [1.54, 1.807) is 7.11 Å². The lowest BCUT2D eigenvalue weighted by Crippen LogP contribution is -2.49. The van der Waals surface area contributed by atoms with Gasteiger partial charge in [0, 0.05) is 19.7 Å². The maximum Gasteiger partial charge on any atom is 0.188 e. The molecule has 0 spiro atoms. The molecule has 1 rings (SSSR count). The van der Waals surface area contributed by atoms with Gasteiger partial charge in [0.25, 0.3) is 0 Å². The summed E-state index contributed by atoms with van der Waals surface area (Å²) in [6, 6.07) is 0.463. The lowest BCUT2D eigenvalue weighted by molar-refractivity contribution is 0.0225. The third kappa shape index (κ3) is 2.37. The van der Waals surface area contributed by atoms with E-state index in [0.29, 0.717) is 18.1 Å². The zero-order valence-electron chi connectivity index (χ0n) is 7.71. The van der Waals surface area contributed by atoms with Crippen LogP contribution in [0.3, 0.4) is 0 Å². The molecule has 0 amide bonds. The van der Waals surface area contributed by atoms with Crippen molar-refractivity contribution in [2.24, 2.45) is 10.7 Å². The van der Waals surface area contributed by atoms with E-state index < -0.39 is 0 Å². The van der Waals surface area contributed by atoms with Gasteiger partial charge in [-0.1, -0.05) is 0 Å². The van der Waals surface area contributed by atoms with Crippen molar-refractivity contribution in [3.63, 3.8) is 0 Å².